The maximum atomic E-state index is 5.76. The number of hydrogen-bond acceptors (Lipinski definition) is 2. The zero-order chi connectivity index (χ0) is 10.6. The highest BCUT2D eigenvalue weighted by Crippen LogP contribution is 2.23. The summed E-state index contributed by atoms with van der Waals surface area (Å²) in [7, 11) is 0. The van der Waals surface area contributed by atoms with E-state index in [0.717, 1.165) is 18.6 Å². The van der Waals surface area contributed by atoms with Crippen molar-refractivity contribution in [2.24, 2.45) is 11.7 Å². The van der Waals surface area contributed by atoms with Crippen LogP contribution in [0.2, 0.25) is 0 Å². The molecule has 1 aliphatic rings. The van der Waals surface area contributed by atoms with Gasteiger partial charge in [-0.15, -0.1) is 0 Å². The van der Waals surface area contributed by atoms with Crippen LogP contribution in [-0.2, 0) is 0 Å². The summed E-state index contributed by atoms with van der Waals surface area (Å²) >= 11 is 0. The van der Waals surface area contributed by atoms with Gasteiger partial charge in [0.1, 0.15) is 0 Å². The van der Waals surface area contributed by atoms with Gasteiger partial charge in [-0.1, -0.05) is 19.8 Å². The minimum Gasteiger partial charge on any atom is -0.330 e. The lowest BCUT2D eigenvalue weighted by molar-refractivity contribution is 0.0844. The van der Waals surface area contributed by atoms with Crippen molar-refractivity contribution in [1.82, 2.24) is 4.90 Å². The van der Waals surface area contributed by atoms with Gasteiger partial charge in [0.2, 0.25) is 0 Å². The van der Waals surface area contributed by atoms with Crippen LogP contribution in [0.5, 0.6) is 0 Å². The predicted octanol–water partition coefficient (Wildman–Crippen LogP) is 2.23. The molecule has 0 saturated carbocycles. The molecule has 1 heterocycles. The summed E-state index contributed by atoms with van der Waals surface area (Å²) in [6.07, 6.45) is 5.35. The number of nitrogens with zero attached hydrogens (tertiary/aromatic N) is 1. The van der Waals surface area contributed by atoms with Gasteiger partial charge in [0.15, 0.2) is 0 Å². The molecule has 2 nitrogen and oxygen atoms in total. The summed E-state index contributed by atoms with van der Waals surface area (Å²) in [4.78, 5) is 2.66. The Kier molecular flexibility index (Phi) is 4.90. The summed E-state index contributed by atoms with van der Waals surface area (Å²) in [5.41, 5.74) is 5.76. The van der Waals surface area contributed by atoms with E-state index in [1.807, 2.05) is 0 Å². The van der Waals surface area contributed by atoms with Crippen LogP contribution in [0.15, 0.2) is 0 Å². The second kappa shape index (κ2) is 5.72. The first-order chi connectivity index (χ1) is 6.69. The van der Waals surface area contributed by atoms with Crippen LogP contribution in [0.3, 0.4) is 0 Å². The molecule has 2 N–H and O–H groups in total. The molecule has 2 heteroatoms. The maximum Gasteiger partial charge on any atom is 0.00698 e. The van der Waals surface area contributed by atoms with Crippen LogP contribution in [0, 0.1) is 5.92 Å². The third-order valence-electron chi connectivity index (χ3n) is 3.76. The molecule has 1 rings (SSSR count). The van der Waals surface area contributed by atoms with E-state index in [9.17, 15) is 0 Å². The smallest absolute Gasteiger partial charge is 0.00698 e. The highest BCUT2D eigenvalue weighted by Gasteiger charge is 2.25. The van der Waals surface area contributed by atoms with Gasteiger partial charge in [-0.3, -0.25) is 4.90 Å². The summed E-state index contributed by atoms with van der Waals surface area (Å²) in [6, 6.07) is 1.53. The van der Waals surface area contributed by atoms with E-state index in [-0.39, 0.29) is 0 Å². The van der Waals surface area contributed by atoms with Crippen molar-refractivity contribution in [3.8, 4) is 0 Å². The Labute approximate surface area is 88.8 Å². The van der Waals surface area contributed by atoms with Gasteiger partial charge in [-0.25, -0.2) is 0 Å². The van der Waals surface area contributed by atoms with Crippen LogP contribution in [0.25, 0.3) is 0 Å². The van der Waals surface area contributed by atoms with E-state index in [0.29, 0.717) is 5.92 Å². The first-order valence-electron chi connectivity index (χ1n) is 6.14. The van der Waals surface area contributed by atoms with E-state index in [4.69, 9.17) is 5.73 Å². The van der Waals surface area contributed by atoms with Crippen molar-refractivity contribution in [2.75, 3.05) is 13.1 Å². The lowest BCUT2D eigenvalue weighted by Crippen LogP contribution is -2.46. The van der Waals surface area contributed by atoms with Crippen molar-refractivity contribution >= 4 is 0 Å². The van der Waals surface area contributed by atoms with Crippen molar-refractivity contribution in [1.29, 1.82) is 0 Å². The SMILES string of the molecule is CCC(CN)CN1[C@H](C)CCC[C@@H]1C. The molecule has 0 amide bonds. The molecule has 0 aromatic heterocycles. The average Bonchev–Trinajstić information content (AvgIpc) is 2.18. The topological polar surface area (TPSA) is 29.3 Å². The van der Waals surface area contributed by atoms with E-state index in [2.05, 4.69) is 25.7 Å². The molecule has 0 aromatic carbocycles. The molecule has 0 aliphatic carbocycles. The van der Waals surface area contributed by atoms with Crippen LogP contribution in [0.1, 0.15) is 46.5 Å². The van der Waals surface area contributed by atoms with E-state index >= 15 is 0 Å². The van der Waals surface area contributed by atoms with Crippen LogP contribution in [0.4, 0.5) is 0 Å². The summed E-state index contributed by atoms with van der Waals surface area (Å²) < 4.78 is 0. The molecule has 0 spiro atoms. The van der Waals surface area contributed by atoms with Gasteiger partial charge in [0.05, 0.1) is 0 Å². The fourth-order valence-corrected chi connectivity index (χ4v) is 2.50. The van der Waals surface area contributed by atoms with E-state index in [1.165, 1.54) is 32.2 Å². The number of hydrogen-bond donors (Lipinski definition) is 1. The minimum atomic E-state index is 0.693. The average molecular weight is 198 g/mol. The fourth-order valence-electron chi connectivity index (χ4n) is 2.50. The standard InChI is InChI=1S/C12H26N2/c1-4-12(8-13)9-14-10(2)6-5-7-11(14)3/h10-12H,4-9,13H2,1-3H3/t10-,11+,12?. The van der Waals surface area contributed by atoms with Crippen LogP contribution in [-0.4, -0.2) is 30.1 Å². The van der Waals surface area contributed by atoms with Gasteiger partial charge < -0.3 is 5.73 Å². The normalized spacial score (nSPS) is 31.7. The summed E-state index contributed by atoms with van der Waals surface area (Å²) in [5.74, 6) is 0.693. The lowest BCUT2D eigenvalue weighted by Gasteiger charge is -2.40. The van der Waals surface area contributed by atoms with Gasteiger partial charge in [0, 0.05) is 18.6 Å². The first kappa shape index (κ1) is 12.0. The van der Waals surface area contributed by atoms with Gasteiger partial charge in [-0.05, 0) is 39.2 Å². The van der Waals surface area contributed by atoms with Crippen molar-refractivity contribution in [3.05, 3.63) is 0 Å². The highest BCUT2D eigenvalue weighted by molar-refractivity contribution is 4.81. The number of piperidine rings is 1. The molecular weight excluding hydrogens is 172 g/mol. The first-order valence-corrected chi connectivity index (χ1v) is 6.14. The Morgan fingerprint density at radius 1 is 1.29 bits per heavy atom. The number of nitrogens with two attached hydrogens (primary N) is 1. The predicted molar refractivity (Wildman–Crippen MR) is 62.3 cm³/mol. The lowest BCUT2D eigenvalue weighted by atomic mass is 9.95. The zero-order valence-electron chi connectivity index (χ0n) is 10.00. The van der Waals surface area contributed by atoms with E-state index < -0.39 is 0 Å². The fraction of sp³-hybridized carbons (Fsp3) is 1.00. The molecule has 0 radical (unpaired) electrons. The Bertz CT molecular complexity index is 144. The number of rotatable bonds is 4. The zero-order valence-corrected chi connectivity index (χ0v) is 10.00. The molecule has 0 aromatic rings. The van der Waals surface area contributed by atoms with Crippen LogP contribution < -0.4 is 5.73 Å². The van der Waals surface area contributed by atoms with Crippen molar-refractivity contribution in [2.45, 2.75) is 58.5 Å². The third-order valence-corrected chi connectivity index (χ3v) is 3.76. The Morgan fingerprint density at radius 2 is 1.86 bits per heavy atom. The van der Waals surface area contributed by atoms with Crippen molar-refractivity contribution in [3.63, 3.8) is 0 Å². The quantitative estimate of drug-likeness (QED) is 0.750. The van der Waals surface area contributed by atoms with Gasteiger partial charge in [-0.2, -0.15) is 0 Å². The molecule has 1 fully saturated rings. The monoisotopic (exact) mass is 198 g/mol. The maximum absolute atomic E-state index is 5.76. The Morgan fingerprint density at radius 3 is 2.29 bits per heavy atom. The summed E-state index contributed by atoms with van der Waals surface area (Å²) in [6.45, 7) is 9.01. The van der Waals surface area contributed by atoms with Crippen molar-refractivity contribution < 1.29 is 0 Å². The minimum absolute atomic E-state index is 0.693. The molecule has 0 bridgehead atoms. The Hall–Kier alpha value is -0.0800. The van der Waals surface area contributed by atoms with Gasteiger partial charge >= 0.3 is 0 Å². The highest BCUT2D eigenvalue weighted by atomic mass is 15.2. The summed E-state index contributed by atoms with van der Waals surface area (Å²) in [5, 5.41) is 0. The van der Waals surface area contributed by atoms with Crippen LogP contribution >= 0.6 is 0 Å². The second-order valence-electron chi connectivity index (χ2n) is 4.84. The Balaban J connectivity index is 2.46. The molecule has 1 aliphatic heterocycles. The third kappa shape index (κ3) is 2.96. The second-order valence-corrected chi connectivity index (χ2v) is 4.84. The molecule has 1 saturated heterocycles. The van der Waals surface area contributed by atoms with Gasteiger partial charge in [0.25, 0.3) is 0 Å². The molecule has 84 valence electrons. The molecule has 3 atom stereocenters. The molecule has 14 heavy (non-hydrogen) atoms. The molecular formula is C12H26N2. The van der Waals surface area contributed by atoms with E-state index in [1.54, 1.807) is 0 Å². The molecule has 1 unspecified atom stereocenters. The largest absolute Gasteiger partial charge is 0.330 e. The number of likely N-dealkylation sites (tertiary alicyclic amines) is 1.